The molecular formula is C29H34N6O5. The summed E-state index contributed by atoms with van der Waals surface area (Å²) in [6.07, 6.45) is 4.17. The first kappa shape index (κ1) is 28.7. The Morgan fingerprint density at radius 3 is 2.60 bits per heavy atom. The lowest BCUT2D eigenvalue weighted by Crippen LogP contribution is -2.57. The first-order valence-electron chi connectivity index (χ1n) is 13.2. The Morgan fingerprint density at radius 1 is 1.15 bits per heavy atom. The largest absolute Gasteiger partial charge is 0.497 e. The second-order valence-electron chi connectivity index (χ2n) is 9.69. The zero-order chi connectivity index (χ0) is 28.5. The molecule has 1 aliphatic heterocycles. The molecule has 0 spiro atoms. The molecule has 0 radical (unpaired) electrons. The van der Waals surface area contributed by atoms with E-state index in [-0.39, 0.29) is 23.5 Å². The number of rotatable bonds is 11. The van der Waals surface area contributed by atoms with E-state index in [0.29, 0.717) is 51.1 Å². The minimum absolute atomic E-state index is 0.0296. The van der Waals surface area contributed by atoms with Gasteiger partial charge in [-0.3, -0.25) is 29.6 Å². The van der Waals surface area contributed by atoms with Crippen LogP contribution in [0.1, 0.15) is 34.3 Å². The fourth-order valence-corrected chi connectivity index (χ4v) is 5.02. The molecule has 2 aromatic carbocycles. The molecule has 1 unspecified atom stereocenters. The minimum Gasteiger partial charge on any atom is -0.497 e. The van der Waals surface area contributed by atoms with Crippen molar-refractivity contribution < 1.29 is 19.2 Å². The van der Waals surface area contributed by atoms with Gasteiger partial charge in [-0.25, -0.2) is 0 Å². The van der Waals surface area contributed by atoms with E-state index in [2.05, 4.69) is 15.2 Å². The number of piperidine rings is 1. The summed E-state index contributed by atoms with van der Waals surface area (Å²) in [5.41, 5.74) is 8.02. The number of carbonyl (C=O) groups is 2. The van der Waals surface area contributed by atoms with Gasteiger partial charge in [0.15, 0.2) is 0 Å². The van der Waals surface area contributed by atoms with Gasteiger partial charge in [0.05, 0.1) is 17.6 Å². The summed E-state index contributed by atoms with van der Waals surface area (Å²) in [7, 11) is 1.62. The van der Waals surface area contributed by atoms with Gasteiger partial charge in [0.2, 0.25) is 5.91 Å². The van der Waals surface area contributed by atoms with Crippen molar-refractivity contribution in [2.75, 3.05) is 26.7 Å². The van der Waals surface area contributed by atoms with Gasteiger partial charge >= 0.3 is 0 Å². The quantitative estimate of drug-likeness (QED) is 0.276. The number of nitro benzene ring substituents is 1. The number of nitrogens with two attached hydrogens (primary N) is 1. The Hall–Kier alpha value is -4.35. The highest BCUT2D eigenvalue weighted by atomic mass is 16.6. The highest BCUT2D eigenvalue weighted by Crippen LogP contribution is 2.28. The third-order valence-electron chi connectivity index (χ3n) is 7.06. The molecule has 2 atom stereocenters. The number of hydrogen-bond donors (Lipinski definition) is 2. The zero-order valence-electron chi connectivity index (χ0n) is 22.4. The molecule has 4 rings (SSSR count). The lowest BCUT2D eigenvalue weighted by atomic mass is 9.93. The van der Waals surface area contributed by atoms with E-state index in [4.69, 9.17) is 10.5 Å². The number of amides is 2. The molecular weight excluding hydrogens is 512 g/mol. The number of carbonyl (C=O) groups excluding carboxylic acids is 2. The van der Waals surface area contributed by atoms with E-state index in [1.165, 1.54) is 18.3 Å². The third kappa shape index (κ3) is 7.19. The van der Waals surface area contributed by atoms with Crippen LogP contribution in [0.2, 0.25) is 0 Å². The molecule has 11 heteroatoms. The predicted octanol–water partition coefficient (Wildman–Crippen LogP) is 2.75. The number of methoxy groups -OCH3 is 1. The van der Waals surface area contributed by atoms with Crippen molar-refractivity contribution in [2.24, 2.45) is 5.73 Å². The van der Waals surface area contributed by atoms with E-state index in [1.807, 2.05) is 24.3 Å². The number of ether oxygens (including phenoxy) is 1. The number of nitrogens with one attached hydrogen (secondary N) is 1. The Balaban J connectivity index is 1.61. The first-order valence-corrected chi connectivity index (χ1v) is 13.2. The normalized spacial score (nSPS) is 16.9. The fraction of sp³-hybridized carbons (Fsp3) is 0.345. The molecule has 1 aromatic heterocycles. The number of non-ortho nitro benzene ring substituents is 1. The van der Waals surface area contributed by atoms with Crippen molar-refractivity contribution in [1.82, 2.24) is 20.1 Å². The lowest BCUT2D eigenvalue weighted by molar-refractivity contribution is -0.384. The summed E-state index contributed by atoms with van der Waals surface area (Å²) in [5.74, 6) is 0.252. The van der Waals surface area contributed by atoms with Gasteiger partial charge in [-0.1, -0.05) is 24.3 Å². The van der Waals surface area contributed by atoms with Crippen molar-refractivity contribution in [3.63, 3.8) is 0 Å². The molecule has 2 heterocycles. The number of nitro groups is 1. The molecule has 1 aliphatic rings. The molecule has 3 N–H and O–H groups in total. The third-order valence-corrected chi connectivity index (χ3v) is 7.06. The smallest absolute Gasteiger partial charge is 0.269 e. The van der Waals surface area contributed by atoms with E-state index in [1.54, 1.807) is 42.5 Å². The number of pyridine rings is 1. The number of nitrogens with zero attached hydrogens (tertiary/aromatic N) is 4. The summed E-state index contributed by atoms with van der Waals surface area (Å²) < 4.78 is 5.41. The first-order chi connectivity index (χ1) is 19.4. The van der Waals surface area contributed by atoms with E-state index in [0.717, 1.165) is 16.9 Å². The van der Waals surface area contributed by atoms with Crippen molar-refractivity contribution in [2.45, 2.75) is 38.0 Å². The van der Waals surface area contributed by atoms with Crippen molar-refractivity contribution in [3.8, 4) is 5.75 Å². The van der Waals surface area contributed by atoms with Crippen LogP contribution < -0.4 is 15.8 Å². The number of benzene rings is 2. The van der Waals surface area contributed by atoms with Crippen molar-refractivity contribution in [1.29, 1.82) is 0 Å². The monoisotopic (exact) mass is 546 g/mol. The zero-order valence-corrected chi connectivity index (χ0v) is 22.4. The van der Waals surface area contributed by atoms with Gasteiger partial charge < -0.3 is 20.7 Å². The Bertz CT molecular complexity index is 1300. The molecule has 1 fully saturated rings. The lowest BCUT2D eigenvalue weighted by Gasteiger charge is -2.43. The molecule has 0 aliphatic carbocycles. The second-order valence-corrected chi connectivity index (χ2v) is 9.69. The van der Waals surface area contributed by atoms with E-state index in [9.17, 15) is 19.7 Å². The van der Waals surface area contributed by atoms with Crippen LogP contribution in [-0.4, -0.2) is 70.3 Å². The fourth-order valence-electron chi connectivity index (χ4n) is 5.02. The molecule has 210 valence electrons. The van der Waals surface area contributed by atoms with Crippen LogP contribution in [0.25, 0.3) is 0 Å². The van der Waals surface area contributed by atoms with Crippen molar-refractivity contribution in [3.05, 3.63) is 99.9 Å². The molecule has 0 bridgehead atoms. The van der Waals surface area contributed by atoms with E-state index >= 15 is 0 Å². The molecule has 2 amide bonds. The summed E-state index contributed by atoms with van der Waals surface area (Å²) in [6, 6.07) is 16.9. The average molecular weight is 547 g/mol. The van der Waals surface area contributed by atoms with Gasteiger partial charge in [0.1, 0.15) is 11.8 Å². The van der Waals surface area contributed by atoms with Gasteiger partial charge in [0.25, 0.3) is 11.6 Å². The molecule has 1 saturated heterocycles. The topological polar surface area (TPSA) is 144 Å². The predicted molar refractivity (Wildman–Crippen MR) is 149 cm³/mol. The molecule has 11 nitrogen and oxygen atoms in total. The van der Waals surface area contributed by atoms with Crippen LogP contribution in [0.15, 0.2) is 73.1 Å². The van der Waals surface area contributed by atoms with Crippen LogP contribution in [-0.2, 0) is 17.9 Å². The maximum absolute atomic E-state index is 13.4. The van der Waals surface area contributed by atoms with Crippen LogP contribution >= 0.6 is 0 Å². The highest BCUT2D eigenvalue weighted by Gasteiger charge is 2.38. The Kier molecular flexibility index (Phi) is 9.76. The summed E-state index contributed by atoms with van der Waals surface area (Å²) >= 11 is 0. The maximum Gasteiger partial charge on any atom is 0.269 e. The number of hydrogen-bond acceptors (Lipinski definition) is 8. The molecule has 3 aromatic rings. The highest BCUT2D eigenvalue weighted by molar-refractivity contribution is 5.97. The van der Waals surface area contributed by atoms with Gasteiger partial charge in [-0.05, 0) is 48.2 Å². The van der Waals surface area contributed by atoms with Crippen LogP contribution in [0.5, 0.6) is 5.75 Å². The summed E-state index contributed by atoms with van der Waals surface area (Å²) in [4.78, 5) is 45.4. The van der Waals surface area contributed by atoms with Crippen LogP contribution in [0.3, 0.4) is 0 Å². The Morgan fingerprint density at radius 2 is 1.93 bits per heavy atom. The number of aromatic nitrogens is 1. The van der Waals surface area contributed by atoms with Gasteiger partial charge in [-0.2, -0.15) is 0 Å². The Labute approximate surface area is 233 Å². The second kappa shape index (κ2) is 13.6. The van der Waals surface area contributed by atoms with Crippen LogP contribution in [0, 0.1) is 10.1 Å². The number of likely N-dealkylation sites (tertiary alicyclic amines) is 1. The summed E-state index contributed by atoms with van der Waals surface area (Å²) in [5, 5.41) is 14.0. The maximum atomic E-state index is 13.4. The van der Waals surface area contributed by atoms with Gasteiger partial charge in [0, 0.05) is 63.3 Å². The standard InChI is InChI=1S/C29H34N6O5/c1-40-26-6-2-4-22(16-26)20-33(19-21-7-9-24(10-8-21)35(38)39)25-11-15-34(27(17-25)28(36)32-14-12-30)29(37)23-5-3-13-31-18-23/h2-10,13,16,18,25,27H,11-12,14-15,17,19-20,30H2,1H3,(H,32,36)/t25?,27-/m1/s1. The molecule has 0 saturated carbocycles. The summed E-state index contributed by atoms with van der Waals surface area (Å²) in [6.45, 7) is 2.06. The molecule has 40 heavy (non-hydrogen) atoms. The van der Waals surface area contributed by atoms with E-state index < -0.39 is 11.0 Å². The SMILES string of the molecule is COc1cccc(CN(Cc2ccc([N+](=O)[O-])cc2)C2CCN(C(=O)c3cccnc3)[C@@H](C(=O)NCCN)C2)c1. The van der Waals surface area contributed by atoms with Crippen molar-refractivity contribution >= 4 is 17.5 Å². The minimum atomic E-state index is -0.692. The van der Waals surface area contributed by atoms with Gasteiger partial charge in [-0.15, -0.1) is 0 Å². The average Bonchev–Trinajstić information content (AvgIpc) is 2.99. The van der Waals surface area contributed by atoms with Crippen LogP contribution in [0.4, 0.5) is 5.69 Å².